The molecule has 3 aromatic rings. The Labute approximate surface area is 161 Å². The van der Waals surface area contributed by atoms with Gasteiger partial charge in [0.15, 0.2) is 0 Å². The minimum absolute atomic E-state index is 0.0965. The summed E-state index contributed by atoms with van der Waals surface area (Å²) in [6.07, 6.45) is 0. The zero-order valence-corrected chi connectivity index (χ0v) is 16.1. The quantitative estimate of drug-likeness (QED) is 0.617. The summed E-state index contributed by atoms with van der Waals surface area (Å²) in [6.45, 7) is 0. The van der Waals surface area contributed by atoms with Crippen molar-refractivity contribution >= 4 is 44.2 Å². The lowest BCUT2D eigenvalue weighted by molar-refractivity contribution is -0.113. The van der Waals surface area contributed by atoms with Crippen LogP contribution >= 0.6 is 11.8 Å². The predicted octanol–water partition coefficient (Wildman–Crippen LogP) is 3.23. The Kier molecular flexibility index (Phi) is 5.69. The Morgan fingerprint density at radius 2 is 1.81 bits per heavy atom. The zero-order chi connectivity index (χ0) is 19.4. The number of carbonyl (C=O) groups excluding carboxylic acids is 1. The smallest absolute Gasteiger partial charge is 0.238 e. The summed E-state index contributed by atoms with van der Waals surface area (Å²) >= 11 is 1.39. The minimum atomic E-state index is -3.87. The molecule has 0 aliphatic heterocycles. The standard InChI is InChI=1S/C19H18N2O4S2/c1-25-18-9-8-16(27(20,23)24)11-17(18)21-19(22)12-26-15-7-6-13-4-2-3-5-14(13)10-15/h2-11H,12H2,1H3,(H,21,22)(H2,20,23,24). The molecule has 27 heavy (non-hydrogen) atoms. The van der Waals surface area contributed by atoms with Gasteiger partial charge in [-0.3, -0.25) is 4.79 Å². The Morgan fingerprint density at radius 1 is 1.07 bits per heavy atom. The molecule has 0 heterocycles. The molecule has 0 radical (unpaired) electrons. The molecule has 0 fully saturated rings. The minimum Gasteiger partial charge on any atom is -0.495 e. The average molecular weight is 402 g/mol. The number of fused-ring (bicyclic) bond motifs is 1. The van der Waals surface area contributed by atoms with Crippen LogP contribution in [-0.2, 0) is 14.8 Å². The molecule has 1 amide bonds. The molecule has 0 aromatic heterocycles. The monoisotopic (exact) mass is 402 g/mol. The molecule has 3 aromatic carbocycles. The van der Waals surface area contributed by atoms with E-state index in [4.69, 9.17) is 9.88 Å². The largest absolute Gasteiger partial charge is 0.495 e. The van der Waals surface area contributed by atoms with Crippen molar-refractivity contribution in [2.75, 3.05) is 18.2 Å². The highest BCUT2D eigenvalue weighted by Crippen LogP contribution is 2.28. The Bertz CT molecular complexity index is 1100. The van der Waals surface area contributed by atoms with Crippen molar-refractivity contribution in [2.45, 2.75) is 9.79 Å². The van der Waals surface area contributed by atoms with E-state index in [0.29, 0.717) is 5.75 Å². The number of sulfonamides is 1. The molecule has 8 heteroatoms. The van der Waals surface area contributed by atoms with Gasteiger partial charge >= 0.3 is 0 Å². The molecule has 0 aliphatic rings. The second kappa shape index (κ2) is 7.99. The number of ether oxygens (including phenoxy) is 1. The number of primary sulfonamides is 1. The molecule has 0 aliphatic carbocycles. The highest BCUT2D eigenvalue weighted by atomic mass is 32.2. The van der Waals surface area contributed by atoms with Crippen LogP contribution < -0.4 is 15.2 Å². The number of amides is 1. The van der Waals surface area contributed by atoms with Crippen LogP contribution in [0.25, 0.3) is 10.8 Å². The molecule has 140 valence electrons. The van der Waals surface area contributed by atoms with Crippen LogP contribution in [0.15, 0.2) is 70.5 Å². The highest BCUT2D eigenvalue weighted by Gasteiger charge is 2.14. The molecular weight excluding hydrogens is 384 g/mol. The van der Waals surface area contributed by atoms with Gasteiger partial charge in [-0.15, -0.1) is 11.8 Å². The fourth-order valence-electron chi connectivity index (χ4n) is 2.55. The van der Waals surface area contributed by atoms with E-state index in [1.165, 1.54) is 37.1 Å². The maximum absolute atomic E-state index is 12.3. The van der Waals surface area contributed by atoms with Crippen LogP contribution in [0.3, 0.4) is 0 Å². The molecular formula is C19H18N2O4S2. The third-order valence-electron chi connectivity index (χ3n) is 3.86. The van der Waals surface area contributed by atoms with Crippen molar-refractivity contribution in [3.63, 3.8) is 0 Å². The second-order valence-corrected chi connectivity index (χ2v) is 8.36. The summed E-state index contributed by atoms with van der Waals surface area (Å²) < 4.78 is 28.2. The third-order valence-corrected chi connectivity index (χ3v) is 5.77. The molecule has 0 saturated carbocycles. The number of nitrogens with two attached hydrogens (primary N) is 1. The van der Waals surface area contributed by atoms with Crippen molar-refractivity contribution in [2.24, 2.45) is 5.14 Å². The van der Waals surface area contributed by atoms with Crippen LogP contribution in [0.5, 0.6) is 5.75 Å². The van der Waals surface area contributed by atoms with Gasteiger partial charge in [-0.05, 0) is 41.1 Å². The van der Waals surface area contributed by atoms with Crippen molar-refractivity contribution in [1.82, 2.24) is 0 Å². The van der Waals surface area contributed by atoms with E-state index in [2.05, 4.69) is 5.32 Å². The lowest BCUT2D eigenvalue weighted by Gasteiger charge is -2.11. The zero-order valence-electron chi connectivity index (χ0n) is 14.5. The van der Waals surface area contributed by atoms with Gasteiger partial charge in [-0.25, -0.2) is 13.6 Å². The van der Waals surface area contributed by atoms with Gasteiger partial charge in [-0.2, -0.15) is 0 Å². The number of anilines is 1. The molecule has 0 bridgehead atoms. The predicted molar refractivity (Wildman–Crippen MR) is 108 cm³/mol. The first kappa shape index (κ1) is 19.2. The first-order valence-corrected chi connectivity index (χ1v) is 10.5. The van der Waals surface area contributed by atoms with E-state index < -0.39 is 10.0 Å². The van der Waals surface area contributed by atoms with E-state index in [9.17, 15) is 13.2 Å². The Balaban J connectivity index is 1.71. The van der Waals surface area contributed by atoms with E-state index in [-0.39, 0.29) is 22.2 Å². The summed E-state index contributed by atoms with van der Waals surface area (Å²) in [6, 6.07) is 18.0. The van der Waals surface area contributed by atoms with Crippen LogP contribution in [0, 0.1) is 0 Å². The molecule has 0 spiro atoms. The maximum Gasteiger partial charge on any atom is 0.238 e. The van der Waals surface area contributed by atoms with Crippen molar-refractivity contribution in [1.29, 1.82) is 0 Å². The Hall–Kier alpha value is -2.55. The first-order valence-electron chi connectivity index (χ1n) is 7.99. The van der Waals surface area contributed by atoms with Gasteiger partial charge in [0.05, 0.1) is 23.4 Å². The van der Waals surface area contributed by atoms with Crippen LogP contribution in [-0.4, -0.2) is 27.2 Å². The number of carbonyl (C=O) groups is 1. The fourth-order valence-corrected chi connectivity index (χ4v) is 3.84. The number of methoxy groups -OCH3 is 1. The van der Waals surface area contributed by atoms with E-state index in [1.807, 2.05) is 42.5 Å². The number of benzene rings is 3. The van der Waals surface area contributed by atoms with Gasteiger partial charge in [0, 0.05) is 4.90 Å². The molecule has 0 atom stereocenters. The third kappa shape index (κ3) is 4.79. The SMILES string of the molecule is COc1ccc(S(N)(=O)=O)cc1NC(=O)CSc1ccc2ccccc2c1. The average Bonchev–Trinajstić information content (AvgIpc) is 2.65. The molecule has 6 nitrogen and oxygen atoms in total. The summed E-state index contributed by atoms with van der Waals surface area (Å²) in [4.78, 5) is 13.2. The highest BCUT2D eigenvalue weighted by molar-refractivity contribution is 8.00. The summed E-state index contributed by atoms with van der Waals surface area (Å²) in [5, 5.41) is 10.1. The number of hydrogen-bond donors (Lipinski definition) is 2. The first-order chi connectivity index (χ1) is 12.9. The van der Waals surface area contributed by atoms with Crippen LogP contribution in [0.2, 0.25) is 0 Å². The Morgan fingerprint density at radius 3 is 2.52 bits per heavy atom. The van der Waals surface area contributed by atoms with Gasteiger partial charge in [0.25, 0.3) is 0 Å². The molecule has 3 rings (SSSR count). The number of nitrogens with one attached hydrogen (secondary N) is 1. The van der Waals surface area contributed by atoms with Gasteiger partial charge in [-0.1, -0.05) is 30.3 Å². The summed E-state index contributed by atoms with van der Waals surface area (Å²) in [5.74, 6) is 0.241. The normalized spacial score (nSPS) is 11.3. The van der Waals surface area contributed by atoms with E-state index in [1.54, 1.807) is 0 Å². The molecule has 0 saturated heterocycles. The van der Waals surface area contributed by atoms with Crippen LogP contribution in [0.1, 0.15) is 0 Å². The molecule has 0 unspecified atom stereocenters. The number of rotatable bonds is 6. The maximum atomic E-state index is 12.3. The van der Waals surface area contributed by atoms with Crippen molar-refractivity contribution < 1.29 is 17.9 Å². The van der Waals surface area contributed by atoms with E-state index in [0.717, 1.165) is 15.7 Å². The van der Waals surface area contributed by atoms with E-state index >= 15 is 0 Å². The topological polar surface area (TPSA) is 98.5 Å². The van der Waals surface area contributed by atoms with Gasteiger partial charge in [0.2, 0.25) is 15.9 Å². The van der Waals surface area contributed by atoms with Gasteiger partial charge in [0.1, 0.15) is 5.75 Å². The summed E-state index contributed by atoms with van der Waals surface area (Å²) in [5.41, 5.74) is 0.258. The lowest BCUT2D eigenvalue weighted by Crippen LogP contribution is -2.16. The van der Waals surface area contributed by atoms with Crippen molar-refractivity contribution in [3.05, 3.63) is 60.7 Å². The van der Waals surface area contributed by atoms with Crippen molar-refractivity contribution in [3.8, 4) is 5.75 Å². The second-order valence-electron chi connectivity index (χ2n) is 5.75. The van der Waals surface area contributed by atoms with Gasteiger partial charge < -0.3 is 10.1 Å². The summed E-state index contributed by atoms with van der Waals surface area (Å²) in [7, 11) is -2.44. The number of thioether (sulfide) groups is 1. The lowest BCUT2D eigenvalue weighted by atomic mass is 10.1. The fraction of sp³-hybridized carbons (Fsp3) is 0.105. The van der Waals surface area contributed by atoms with Crippen LogP contribution in [0.4, 0.5) is 5.69 Å². The number of hydrogen-bond acceptors (Lipinski definition) is 5. The molecule has 3 N–H and O–H groups in total.